The summed E-state index contributed by atoms with van der Waals surface area (Å²) in [5.41, 5.74) is 5.61. The Morgan fingerprint density at radius 3 is 2.61 bits per heavy atom. The van der Waals surface area contributed by atoms with E-state index in [0.717, 1.165) is 28.1 Å². The van der Waals surface area contributed by atoms with Crippen LogP contribution in [0.1, 0.15) is 41.2 Å². The van der Waals surface area contributed by atoms with Crippen LogP contribution >= 0.6 is 0 Å². The number of aromatic nitrogens is 2. The molecule has 1 heterocycles. The molecule has 0 atom stereocenters. The predicted molar refractivity (Wildman–Crippen MR) is 109 cm³/mol. The van der Waals surface area contributed by atoms with E-state index in [4.69, 9.17) is 9.97 Å². The van der Waals surface area contributed by atoms with Crippen LogP contribution in [0.4, 0.5) is 10.2 Å². The smallest absolute Gasteiger partial charge is 0.256 e. The molecule has 0 fully saturated rings. The number of carbonyl (C=O) groups is 1. The zero-order chi connectivity index (χ0) is 19.7. The summed E-state index contributed by atoms with van der Waals surface area (Å²) >= 11 is 0. The van der Waals surface area contributed by atoms with Gasteiger partial charge in [0.2, 0.25) is 0 Å². The van der Waals surface area contributed by atoms with Crippen molar-refractivity contribution in [1.29, 1.82) is 0 Å². The van der Waals surface area contributed by atoms with Gasteiger partial charge in [0.25, 0.3) is 5.91 Å². The average Bonchev–Trinajstić information content (AvgIpc) is 2.68. The third kappa shape index (κ3) is 3.56. The number of fused-ring (bicyclic) bond motifs is 3. The van der Waals surface area contributed by atoms with Crippen molar-refractivity contribution in [2.45, 2.75) is 26.7 Å². The highest BCUT2D eigenvalue weighted by Gasteiger charge is 2.22. The van der Waals surface area contributed by atoms with Gasteiger partial charge in [-0.25, -0.2) is 14.4 Å². The maximum absolute atomic E-state index is 13.6. The van der Waals surface area contributed by atoms with Crippen LogP contribution in [0.3, 0.4) is 0 Å². The monoisotopic (exact) mass is 373 g/mol. The molecule has 0 radical (unpaired) electrons. The highest BCUT2D eigenvalue weighted by atomic mass is 19.1. The van der Waals surface area contributed by atoms with Gasteiger partial charge in [-0.3, -0.25) is 4.79 Å². The van der Waals surface area contributed by atoms with Gasteiger partial charge < -0.3 is 5.32 Å². The molecule has 28 heavy (non-hydrogen) atoms. The summed E-state index contributed by atoms with van der Waals surface area (Å²) < 4.78 is 13.6. The minimum Gasteiger partial charge on any atom is -0.305 e. The molecule has 0 unspecified atom stereocenters. The van der Waals surface area contributed by atoms with Crippen LogP contribution in [0.15, 0.2) is 54.1 Å². The number of benzene rings is 2. The first-order valence-electron chi connectivity index (χ1n) is 9.22. The Hall–Kier alpha value is -3.34. The van der Waals surface area contributed by atoms with E-state index in [1.54, 1.807) is 24.3 Å². The van der Waals surface area contributed by atoms with E-state index in [2.05, 4.69) is 5.32 Å². The Morgan fingerprint density at radius 1 is 1.07 bits per heavy atom. The van der Waals surface area contributed by atoms with Crippen molar-refractivity contribution in [2.24, 2.45) is 0 Å². The van der Waals surface area contributed by atoms with Crippen LogP contribution in [0.2, 0.25) is 0 Å². The van der Waals surface area contributed by atoms with E-state index in [1.165, 1.54) is 6.07 Å². The first-order chi connectivity index (χ1) is 13.5. The summed E-state index contributed by atoms with van der Waals surface area (Å²) in [6.45, 7) is 3.93. The normalized spacial score (nSPS) is 12.0. The lowest BCUT2D eigenvalue weighted by Gasteiger charge is -2.20. The highest BCUT2D eigenvalue weighted by molar-refractivity contribution is 6.04. The largest absolute Gasteiger partial charge is 0.305 e. The first-order valence-corrected chi connectivity index (χ1v) is 9.22. The third-order valence-corrected chi connectivity index (χ3v) is 4.64. The van der Waals surface area contributed by atoms with Gasteiger partial charge in [-0.2, -0.15) is 0 Å². The van der Waals surface area contributed by atoms with Crippen molar-refractivity contribution in [3.05, 3.63) is 82.4 Å². The molecule has 2 aromatic carbocycles. The lowest BCUT2D eigenvalue weighted by atomic mass is 9.91. The molecule has 1 N–H and O–H groups in total. The summed E-state index contributed by atoms with van der Waals surface area (Å²) in [6, 6.07) is 13.8. The molecule has 0 aliphatic heterocycles. The van der Waals surface area contributed by atoms with Crippen molar-refractivity contribution < 1.29 is 9.18 Å². The highest BCUT2D eigenvalue weighted by Crippen LogP contribution is 2.33. The van der Waals surface area contributed by atoms with Gasteiger partial charge in [0, 0.05) is 11.1 Å². The quantitative estimate of drug-likeness (QED) is 0.698. The molecule has 140 valence electrons. The zero-order valence-corrected chi connectivity index (χ0v) is 15.8. The number of allylic oxidation sites excluding steroid dienone is 1. The van der Waals surface area contributed by atoms with Gasteiger partial charge in [0.15, 0.2) is 5.82 Å². The summed E-state index contributed by atoms with van der Waals surface area (Å²) in [5.74, 6) is -0.0256. The number of aryl methyl sites for hydroxylation is 2. The molecule has 1 aliphatic carbocycles. The summed E-state index contributed by atoms with van der Waals surface area (Å²) in [7, 11) is 0. The minimum atomic E-state index is -0.244. The zero-order valence-electron chi connectivity index (χ0n) is 15.8. The molecule has 1 aromatic heterocycles. The third-order valence-electron chi connectivity index (χ3n) is 4.64. The van der Waals surface area contributed by atoms with E-state index in [0.29, 0.717) is 29.9 Å². The van der Waals surface area contributed by atoms with Crippen LogP contribution in [-0.4, -0.2) is 15.9 Å². The van der Waals surface area contributed by atoms with Crippen LogP contribution in [-0.2, 0) is 12.8 Å². The standard InChI is InChI=1S/C23H20FN3O/c1-14(2)12-20-22(27-23(28)15-6-4-3-5-7-15)26-19-11-8-16-13-17(24)9-10-18(16)21(19)25-20/h3-7,9-10,12-13H,8,11H2,1-2H3,(H,26,27,28). The second-order valence-electron chi connectivity index (χ2n) is 7.10. The van der Waals surface area contributed by atoms with Crippen LogP contribution < -0.4 is 5.32 Å². The lowest BCUT2D eigenvalue weighted by Crippen LogP contribution is -2.17. The Bertz CT molecular complexity index is 1090. The van der Waals surface area contributed by atoms with Crippen molar-refractivity contribution in [1.82, 2.24) is 9.97 Å². The van der Waals surface area contributed by atoms with Gasteiger partial charge in [0.1, 0.15) is 11.5 Å². The van der Waals surface area contributed by atoms with E-state index in [1.807, 2.05) is 38.1 Å². The molecule has 0 saturated heterocycles. The number of hydrogen-bond acceptors (Lipinski definition) is 3. The van der Waals surface area contributed by atoms with Gasteiger partial charge in [-0.15, -0.1) is 0 Å². The SMILES string of the molecule is CC(C)=Cc1nc2c(nc1NC(=O)c1ccccc1)CCc1cc(F)ccc1-2. The Balaban J connectivity index is 1.79. The topological polar surface area (TPSA) is 54.9 Å². The molecule has 0 bridgehead atoms. The number of halogens is 1. The molecule has 3 aromatic rings. The molecular formula is C23H20FN3O. The second-order valence-corrected chi connectivity index (χ2v) is 7.10. The van der Waals surface area contributed by atoms with E-state index in [9.17, 15) is 9.18 Å². The van der Waals surface area contributed by atoms with Crippen LogP contribution in [0.5, 0.6) is 0 Å². The maximum atomic E-state index is 13.6. The van der Waals surface area contributed by atoms with Crippen molar-refractivity contribution in [3.63, 3.8) is 0 Å². The van der Waals surface area contributed by atoms with E-state index >= 15 is 0 Å². The predicted octanol–water partition coefficient (Wildman–Crippen LogP) is 5.06. The molecule has 1 amide bonds. The minimum absolute atomic E-state index is 0.225. The fraction of sp³-hybridized carbons (Fsp3) is 0.174. The number of nitrogens with zero attached hydrogens (tertiary/aromatic N) is 2. The number of amides is 1. The Kier molecular flexibility index (Phi) is 4.74. The Morgan fingerprint density at radius 2 is 1.86 bits per heavy atom. The molecule has 0 saturated carbocycles. The van der Waals surface area contributed by atoms with Crippen molar-refractivity contribution in [3.8, 4) is 11.3 Å². The van der Waals surface area contributed by atoms with Crippen molar-refractivity contribution >= 4 is 17.8 Å². The van der Waals surface area contributed by atoms with Gasteiger partial charge in [0.05, 0.1) is 11.4 Å². The van der Waals surface area contributed by atoms with Gasteiger partial charge >= 0.3 is 0 Å². The number of rotatable bonds is 3. The number of anilines is 1. The summed E-state index contributed by atoms with van der Waals surface area (Å²) in [5, 5.41) is 2.90. The van der Waals surface area contributed by atoms with E-state index < -0.39 is 0 Å². The summed E-state index contributed by atoms with van der Waals surface area (Å²) in [4.78, 5) is 22.1. The molecule has 4 nitrogen and oxygen atoms in total. The summed E-state index contributed by atoms with van der Waals surface area (Å²) in [6.07, 6.45) is 3.25. The molecule has 5 heteroatoms. The first kappa shape index (κ1) is 18.0. The van der Waals surface area contributed by atoms with Gasteiger partial charge in [-0.05, 0) is 68.7 Å². The van der Waals surface area contributed by atoms with Gasteiger partial charge in [-0.1, -0.05) is 23.8 Å². The Labute approximate surface area is 163 Å². The molecular weight excluding hydrogens is 353 g/mol. The number of nitrogens with one attached hydrogen (secondary N) is 1. The number of carbonyl (C=O) groups excluding carboxylic acids is 1. The molecule has 1 aliphatic rings. The second kappa shape index (κ2) is 7.35. The molecule has 4 rings (SSSR count). The fourth-order valence-corrected chi connectivity index (χ4v) is 3.36. The maximum Gasteiger partial charge on any atom is 0.256 e. The van der Waals surface area contributed by atoms with Crippen molar-refractivity contribution in [2.75, 3.05) is 5.32 Å². The number of hydrogen-bond donors (Lipinski definition) is 1. The average molecular weight is 373 g/mol. The van der Waals surface area contributed by atoms with Crippen LogP contribution in [0.25, 0.3) is 17.3 Å². The van der Waals surface area contributed by atoms with Crippen LogP contribution in [0, 0.1) is 5.82 Å². The fourth-order valence-electron chi connectivity index (χ4n) is 3.36. The molecule has 0 spiro atoms. The van der Waals surface area contributed by atoms with E-state index in [-0.39, 0.29) is 11.7 Å². The lowest BCUT2D eigenvalue weighted by molar-refractivity contribution is 0.102.